The number of rotatable bonds is 4. The fourth-order valence-electron chi connectivity index (χ4n) is 2.18. The van der Waals surface area contributed by atoms with E-state index in [4.69, 9.17) is 10.5 Å². The fraction of sp³-hybridized carbons (Fsp3) is 0.500. The molecule has 0 spiro atoms. The molecule has 5 nitrogen and oxygen atoms in total. The molecule has 1 aliphatic heterocycles. The summed E-state index contributed by atoms with van der Waals surface area (Å²) in [7, 11) is 3.66. The first kappa shape index (κ1) is 13.8. The van der Waals surface area contributed by atoms with Crippen LogP contribution < -0.4 is 10.5 Å². The molecule has 0 aromatic heterocycles. The minimum absolute atomic E-state index is 0.114. The summed E-state index contributed by atoms with van der Waals surface area (Å²) in [6.45, 7) is 4.36. The normalized spacial score (nSPS) is 17.4. The number of carbonyl (C=O) groups excluding carboxylic acids is 1. The molecule has 0 radical (unpaired) electrons. The van der Waals surface area contributed by atoms with Crippen molar-refractivity contribution in [2.24, 2.45) is 0 Å². The van der Waals surface area contributed by atoms with Crippen molar-refractivity contribution in [1.29, 1.82) is 0 Å². The molecule has 0 aliphatic carbocycles. The van der Waals surface area contributed by atoms with Crippen LogP contribution in [0.25, 0.3) is 0 Å². The first-order chi connectivity index (χ1) is 9.10. The zero-order valence-electron chi connectivity index (χ0n) is 11.6. The molecule has 1 saturated heterocycles. The van der Waals surface area contributed by atoms with Gasteiger partial charge in [-0.25, -0.2) is 0 Å². The molecule has 19 heavy (non-hydrogen) atoms. The van der Waals surface area contributed by atoms with E-state index in [1.807, 2.05) is 0 Å². The second kappa shape index (κ2) is 6.04. The molecular formula is C14H21N3O2. The Bertz CT molecular complexity index is 454. The summed E-state index contributed by atoms with van der Waals surface area (Å²) in [5.74, 6) is 0.673. The van der Waals surface area contributed by atoms with Gasteiger partial charge in [0, 0.05) is 31.7 Å². The maximum absolute atomic E-state index is 12.2. The van der Waals surface area contributed by atoms with Crippen LogP contribution in [0.3, 0.4) is 0 Å². The van der Waals surface area contributed by atoms with E-state index in [9.17, 15) is 4.79 Å². The van der Waals surface area contributed by atoms with E-state index >= 15 is 0 Å². The fourth-order valence-corrected chi connectivity index (χ4v) is 2.18. The van der Waals surface area contributed by atoms with Crippen molar-refractivity contribution in [2.75, 3.05) is 52.6 Å². The number of Topliss-reactive ketones (excluding diaryl/α,β-unsaturated/α-hetero) is 1. The SMILES string of the molecule is COc1cc(C(=O)CN2CCN(C)CC2)ccc1N. The van der Waals surface area contributed by atoms with Crippen molar-refractivity contribution in [3.05, 3.63) is 23.8 Å². The minimum Gasteiger partial charge on any atom is -0.495 e. The smallest absolute Gasteiger partial charge is 0.176 e. The van der Waals surface area contributed by atoms with Crippen LogP contribution in [0.5, 0.6) is 5.75 Å². The number of hydrogen-bond acceptors (Lipinski definition) is 5. The predicted octanol–water partition coefficient (Wildman–Crippen LogP) is 0.707. The number of methoxy groups -OCH3 is 1. The van der Waals surface area contributed by atoms with Crippen molar-refractivity contribution in [3.8, 4) is 5.75 Å². The molecular weight excluding hydrogens is 242 g/mol. The van der Waals surface area contributed by atoms with Crippen LogP contribution in [-0.4, -0.2) is 62.5 Å². The van der Waals surface area contributed by atoms with Crippen LogP contribution in [0.4, 0.5) is 5.69 Å². The number of benzene rings is 1. The van der Waals surface area contributed by atoms with Crippen LogP contribution in [0.1, 0.15) is 10.4 Å². The number of nitrogens with two attached hydrogens (primary N) is 1. The van der Waals surface area contributed by atoms with Crippen LogP contribution in [0.2, 0.25) is 0 Å². The third kappa shape index (κ3) is 3.45. The molecule has 1 heterocycles. The van der Waals surface area contributed by atoms with Gasteiger partial charge in [0.2, 0.25) is 0 Å². The minimum atomic E-state index is 0.114. The van der Waals surface area contributed by atoms with Crippen LogP contribution in [0, 0.1) is 0 Å². The van der Waals surface area contributed by atoms with Crippen LogP contribution in [0.15, 0.2) is 18.2 Å². The van der Waals surface area contributed by atoms with Gasteiger partial charge < -0.3 is 15.4 Å². The first-order valence-corrected chi connectivity index (χ1v) is 6.48. The first-order valence-electron chi connectivity index (χ1n) is 6.48. The highest BCUT2D eigenvalue weighted by atomic mass is 16.5. The lowest BCUT2D eigenvalue weighted by molar-refractivity contribution is 0.0876. The van der Waals surface area contributed by atoms with Crippen molar-refractivity contribution in [3.63, 3.8) is 0 Å². The van der Waals surface area contributed by atoms with Gasteiger partial charge in [0.05, 0.1) is 19.3 Å². The van der Waals surface area contributed by atoms with Crippen molar-refractivity contribution >= 4 is 11.5 Å². The van der Waals surface area contributed by atoms with Gasteiger partial charge in [-0.1, -0.05) is 0 Å². The summed E-state index contributed by atoms with van der Waals surface area (Å²) in [5, 5.41) is 0. The van der Waals surface area contributed by atoms with Gasteiger partial charge in [0.1, 0.15) is 5.75 Å². The number of ether oxygens (including phenoxy) is 1. The van der Waals surface area contributed by atoms with E-state index in [0.29, 0.717) is 23.5 Å². The van der Waals surface area contributed by atoms with Gasteiger partial charge in [0.25, 0.3) is 0 Å². The average Bonchev–Trinajstić information content (AvgIpc) is 2.42. The van der Waals surface area contributed by atoms with Gasteiger partial charge in [-0.05, 0) is 25.2 Å². The lowest BCUT2D eigenvalue weighted by Gasteiger charge is -2.31. The number of hydrogen-bond donors (Lipinski definition) is 1. The highest BCUT2D eigenvalue weighted by molar-refractivity contribution is 5.98. The van der Waals surface area contributed by atoms with E-state index < -0.39 is 0 Å². The third-order valence-corrected chi connectivity index (χ3v) is 3.52. The standard InChI is InChI=1S/C14H21N3O2/c1-16-5-7-17(8-6-16)10-13(18)11-3-4-12(15)14(9-11)19-2/h3-4,9H,5-8,10,15H2,1-2H3. The molecule has 0 amide bonds. The number of nitrogens with zero attached hydrogens (tertiary/aromatic N) is 2. The quantitative estimate of drug-likeness (QED) is 0.640. The number of anilines is 1. The van der Waals surface area contributed by atoms with E-state index in [2.05, 4.69) is 16.8 Å². The Hall–Kier alpha value is -1.59. The molecule has 1 aliphatic rings. The lowest BCUT2D eigenvalue weighted by Crippen LogP contribution is -2.46. The summed E-state index contributed by atoms with van der Waals surface area (Å²) >= 11 is 0. The summed E-state index contributed by atoms with van der Waals surface area (Å²) < 4.78 is 5.14. The van der Waals surface area contributed by atoms with E-state index in [-0.39, 0.29) is 5.78 Å². The maximum atomic E-state index is 12.2. The van der Waals surface area contributed by atoms with Gasteiger partial charge in [0.15, 0.2) is 5.78 Å². The Morgan fingerprint density at radius 2 is 2.00 bits per heavy atom. The zero-order chi connectivity index (χ0) is 13.8. The summed E-state index contributed by atoms with van der Waals surface area (Å²) in [5.41, 5.74) is 6.96. The Morgan fingerprint density at radius 1 is 1.32 bits per heavy atom. The second-order valence-corrected chi connectivity index (χ2v) is 4.96. The number of carbonyl (C=O) groups is 1. The molecule has 2 N–H and O–H groups in total. The predicted molar refractivity (Wildman–Crippen MR) is 75.7 cm³/mol. The maximum Gasteiger partial charge on any atom is 0.176 e. The molecule has 5 heteroatoms. The van der Waals surface area contributed by atoms with Crippen LogP contribution >= 0.6 is 0 Å². The van der Waals surface area contributed by atoms with Crippen molar-refractivity contribution < 1.29 is 9.53 Å². The lowest BCUT2D eigenvalue weighted by atomic mass is 10.1. The van der Waals surface area contributed by atoms with Crippen molar-refractivity contribution in [1.82, 2.24) is 9.80 Å². The largest absolute Gasteiger partial charge is 0.495 e. The molecule has 1 fully saturated rings. The van der Waals surface area contributed by atoms with Gasteiger partial charge in [-0.2, -0.15) is 0 Å². The third-order valence-electron chi connectivity index (χ3n) is 3.52. The number of likely N-dealkylation sites (N-methyl/N-ethyl adjacent to an activating group) is 1. The number of nitrogen functional groups attached to an aromatic ring is 1. The molecule has 1 aromatic carbocycles. The molecule has 0 bridgehead atoms. The topological polar surface area (TPSA) is 58.8 Å². The Morgan fingerprint density at radius 3 is 2.63 bits per heavy atom. The van der Waals surface area contributed by atoms with E-state index in [0.717, 1.165) is 26.2 Å². The molecule has 2 rings (SSSR count). The highest BCUT2D eigenvalue weighted by Crippen LogP contribution is 2.22. The highest BCUT2D eigenvalue weighted by Gasteiger charge is 2.18. The van der Waals surface area contributed by atoms with Gasteiger partial charge >= 0.3 is 0 Å². The molecule has 0 unspecified atom stereocenters. The van der Waals surface area contributed by atoms with E-state index in [1.54, 1.807) is 25.3 Å². The molecule has 1 aromatic rings. The van der Waals surface area contributed by atoms with Gasteiger partial charge in [-0.3, -0.25) is 9.69 Å². The molecule has 0 saturated carbocycles. The van der Waals surface area contributed by atoms with E-state index in [1.165, 1.54) is 0 Å². The monoisotopic (exact) mass is 263 g/mol. The second-order valence-electron chi connectivity index (χ2n) is 4.96. The van der Waals surface area contributed by atoms with Gasteiger partial charge in [-0.15, -0.1) is 0 Å². The summed E-state index contributed by atoms with van der Waals surface area (Å²) in [6.07, 6.45) is 0. The van der Waals surface area contributed by atoms with Crippen molar-refractivity contribution in [2.45, 2.75) is 0 Å². The zero-order valence-corrected chi connectivity index (χ0v) is 11.6. The Labute approximate surface area is 113 Å². The molecule has 0 atom stereocenters. The Balaban J connectivity index is 2.00. The summed E-state index contributed by atoms with van der Waals surface area (Å²) in [6, 6.07) is 5.19. The average molecular weight is 263 g/mol. The number of ketones is 1. The molecule has 104 valence electrons. The Kier molecular flexibility index (Phi) is 4.39. The van der Waals surface area contributed by atoms with Crippen LogP contribution in [-0.2, 0) is 0 Å². The summed E-state index contributed by atoms with van der Waals surface area (Å²) in [4.78, 5) is 16.7. The number of piperazine rings is 1.